The number of hydrogen-bond donors (Lipinski definition) is 1. The van der Waals surface area contributed by atoms with Crippen molar-refractivity contribution in [2.45, 2.75) is 12.6 Å². The molecule has 3 rings (SSSR count). The highest BCUT2D eigenvalue weighted by Gasteiger charge is 2.25. The molecule has 6 heteroatoms. The lowest BCUT2D eigenvalue weighted by Crippen LogP contribution is -2.34. The van der Waals surface area contributed by atoms with Crippen LogP contribution in [0.2, 0.25) is 0 Å². The first-order valence-corrected chi connectivity index (χ1v) is 9.77. The highest BCUT2D eigenvalue weighted by molar-refractivity contribution is 9.10. The zero-order chi connectivity index (χ0) is 20.6. The van der Waals surface area contributed by atoms with Gasteiger partial charge in [-0.2, -0.15) is 0 Å². The Morgan fingerprint density at radius 1 is 0.966 bits per heavy atom. The van der Waals surface area contributed by atoms with Crippen LogP contribution in [0.15, 0.2) is 83.3 Å². The fraction of sp³-hybridized carbons (Fsp3) is 0.130. The van der Waals surface area contributed by atoms with Gasteiger partial charge in [-0.15, -0.1) is 0 Å². The van der Waals surface area contributed by atoms with Crippen LogP contribution in [0.5, 0.6) is 5.75 Å². The quantitative estimate of drug-likeness (QED) is 0.527. The lowest BCUT2D eigenvalue weighted by Gasteiger charge is -2.18. The molecule has 29 heavy (non-hydrogen) atoms. The lowest BCUT2D eigenvalue weighted by molar-refractivity contribution is -0.147. The molecule has 3 aromatic carbocycles. The molecule has 1 amide bonds. The Balaban J connectivity index is 1.74. The highest BCUT2D eigenvalue weighted by atomic mass is 79.9. The summed E-state index contributed by atoms with van der Waals surface area (Å²) >= 11 is 3.42. The van der Waals surface area contributed by atoms with E-state index in [-0.39, 0.29) is 12.5 Å². The summed E-state index contributed by atoms with van der Waals surface area (Å²) in [7, 11) is 1.58. The summed E-state index contributed by atoms with van der Waals surface area (Å²) in [6.45, 7) is 0.0754. The van der Waals surface area contributed by atoms with Gasteiger partial charge in [-0.25, -0.2) is 4.79 Å². The molecule has 0 bridgehead atoms. The number of ether oxygens (including phenoxy) is 2. The second-order valence-corrected chi connectivity index (χ2v) is 7.11. The summed E-state index contributed by atoms with van der Waals surface area (Å²) in [5.41, 5.74) is 1.92. The number of nitrogens with one attached hydrogen (secondary N) is 1. The molecule has 0 aliphatic heterocycles. The van der Waals surface area contributed by atoms with Crippen molar-refractivity contribution in [3.8, 4) is 5.75 Å². The van der Waals surface area contributed by atoms with Gasteiger partial charge in [0, 0.05) is 5.56 Å². The van der Waals surface area contributed by atoms with Gasteiger partial charge in [-0.1, -0.05) is 54.6 Å². The second-order valence-electron chi connectivity index (χ2n) is 6.26. The van der Waals surface area contributed by atoms with E-state index in [1.807, 2.05) is 36.4 Å². The number of carbonyl (C=O) groups excluding carboxylic acids is 2. The molecule has 1 N–H and O–H groups in total. The Kier molecular flexibility index (Phi) is 7.03. The second kappa shape index (κ2) is 9.89. The van der Waals surface area contributed by atoms with Crippen LogP contribution < -0.4 is 10.1 Å². The van der Waals surface area contributed by atoms with E-state index in [1.165, 1.54) is 0 Å². The maximum absolute atomic E-state index is 12.8. The molecule has 1 unspecified atom stereocenters. The molecule has 0 saturated heterocycles. The van der Waals surface area contributed by atoms with E-state index in [2.05, 4.69) is 21.2 Å². The Bertz CT molecular complexity index is 977. The fourth-order valence-electron chi connectivity index (χ4n) is 2.77. The van der Waals surface area contributed by atoms with Crippen LogP contribution in [0.1, 0.15) is 27.5 Å². The van der Waals surface area contributed by atoms with E-state index in [0.717, 1.165) is 10.0 Å². The molecule has 5 nitrogen and oxygen atoms in total. The number of hydrogen-bond acceptors (Lipinski definition) is 4. The molecule has 0 saturated carbocycles. The minimum atomic E-state index is -0.911. The number of halogens is 1. The van der Waals surface area contributed by atoms with Crippen LogP contribution >= 0.6 is 15.9 Å². The summed E-state index contributed by atoms with van der Waals surface area (Å²) in [6, 6.07) is 22.3. The average Bonchev–Trinajstić information content (AvgIpc) is 2.77. The maximum atomic E-state index is 12.8. The van der Waals surface area contributed by atoms with E-state index < -0.39 is 12.0 Å². The number of benzene rings is 3. The molecule has 148 valence electrons. The van der Waals surface area contributed by atoms with Crippen LogP contribution in [0, 0.1) is 0 Å². The first kappa shape index (κ1) is 20.6. The summed E-state index contributed by atoms with van der Waals surface area (Å²) in [5.74, 6) is -0.187. The first-order chi connectivity index (χ1) is 14.1. The smallest absolute Gasteiger partial charge is 0.333 e. The standard InChI is InChI=1S/C23H20BrNO4/c1-28-20-13-12-16(14-19(20)24)15-29-23(27)21(17-8-4-2-5-9-17)25-22(26)18-10-6-3-7-11-18/h2-14,21H,15H2,1H3,(H,25,26). The van der Waals surface area contributed by atoms with Crippen LogP contribution in [-0.4, -0.2) is 19.0 Å². The molecule has 0 aliphatic carbocycles. The lowest BCUT2D eigenvalue weighted by atomic mass is 10.1. The molecular formula is C23H20BrNO4. The van der Waals surface area contributed by atoms with Gasteiger partial charge in [-0.3, -0.25) is 4.79 Å². The molecule has 1 atom stereocenters. The monoisotopic (exact) mass is 453 g/mol. The van der Waals surface area contributed by atoms with Crippen molar-refractivity contribution in [1.82, 2.24) is 5.32 Å². The SMILES string of the molecule is COc1ccc(COC(=O)C(NC(=O)c2ccccc2)c2ccccc2)cc1Br. The molecule has 0 aliphatic rings. The van der Waals surface area contributed by atoms with Crippen molar-refractivity contribution in [2.24, 2.45) is 0 Å². The number of carbonyl (C=O) groups is 2. The van der Waals surface area contributed by atoms with E-state index in [1.54, 1.807) is 49.6 Å². The van der Waals surface area contributed by atoms with Crippen molar-refractivity contribution < 1.29 is 19.1 Å². The predicted molar refractivity (Wildman–Crippen MR) is 114 cm³/mol. The van der Waals surface area contributed by atoms with E-state index >= 15 is 0 Å². The van der Waals surface area contributed by atoms with Gasteiger partial charge in [0.15, 0.2) is 6.04 Å². The topological polar surface area (TPSA) is 64.6 Å². The largest absolute Gasteiger partial charge is 0.496 e. The van der Waals surface area contributed by atoms with Gasteiger partial charge in [0.1, 0.15) is 12.4 Å². The van der Waals surface area contributed by atoms with E-state index in [9.17, 15) is 9.59 Å². The number of methoxy groups -OCH3 is 1. The van der Waals surface area contributed by atoms with Crippen molar-refractivity contribution in [1.29, 1.82) is 0 Å². The number of rotatable bonds is 7. The van der Waals surface area contributed by atoms with Gasteiger partial charge in [0.2, 0.25) is 0 Å². The number of esters is 1. The van der Waals surface area contributed by atoms with Crippen molar-refractivity contribution in [3.63, 3.8) is 0 Å². The molecule has 0 aromatic heterocycles. The van der Waals surface area contributed by atoms with Crippen LogP contribution in [0.3, 0.4) is 0 Å². The van der Waals surface area contributed by atoms with Crippen LogP contribution in [-0.2, 0) is 16.1 Å². The van der Waals surface area contributed by atoms with Crippen molar-refractivity contribution in [3.05, 3.63) is 100 Å². The minimum absolute atomic E-state index is 0.0754. The molecule has 0 radical (unpaired) electrons. The summed E-state index contributed by atoms with van der Waals surface area (Å²) < 4.78 is 11.5. The normalized spacial score (nSPS) is 11.4. The average molecular weight is 454 g/mol. The van der Waals surface area contributed by atoms with E-state index in [4.69, 9.17) is 9.47 Å². The van der Waals surface area contributed by atoms with Gasteiger partial charge >= 0.3 is 5.97 Å². The Hall–Kier alpha value is -3.12. The van der Waals surface area contributed by atoms with Gasteiger partial charge in [0.25, 0.3) is 5.91 Å². The van der Waals surface area contributed by atoms with Gasteiger partial charge < -0.3 is 14.8 Å². The van der Waals surface area contributed by atoms with Crippen LogP contribution in [0.4, 0.5) is 0 Å². The third kappa shape index (κ3) is 5.45. The molecule has 3 aromatic rings. The van der Waals surface area contributed by atoms with Crippen molar-refractivity contribution in [2.75, 3.05) is 7.11 Å². The minimum Gasteiger partial charge on any atom is -0.496 e. The predicted octanol–water partition coefficient (Wildman–Crippen LogP) is 4.67. The van der Waals surface area contributed by atoms with Crippen LogP contribution in [0.25, 0.3) is 0 Å². The van der Waals surface area contributed by atoms with Gasteiger partial charge in [-0.05, 0) is 51.3 Å². The van der Waals surface area contributed by atoms with E-state index in [0.29, 0.717) is 16.9 Å². The molecular weight excluding hydrogens is 434 g/mol. The summed E-state index contributed by atoms with van der Waals surface area (Å²) in [4.78, 5) is 25.4. The summed E-state index contributed by atoms with van der Waals surface area (Å²) in [6.07, 6.45) is 0. The Morgan fingerprint density at radius 3 is 2.24 bits per heavy atom. The Labute approximate surface area is 177 Å². The maximum Gasteiger partial charge on any atom is 0.333 e. The Morgan fingerprint density at radius 2 is 1.62 bits per heavy atom. The molecule has 0 heterocycles. The third-order valence-corrected chi connectivity index (χ3v) is 4.90. The molecule has 0 fully saturated rings. The first-order valence-electron chi connectivity index (χ1n) is 8.98. The third-order valence-electron chi connectivity index (χ3n) is 4.28. The number of amides is 1. The fourth-order valence-corrected chi connectivity index (χ4v) is 3.35. The van der Waals surface area contributed by atoms with Gasteiger partial charge in [0.05, 0.1) is 11.6 Å². The zero-order valence-corrected chi connectivity index (χ0v) is 17.4. The molecule has 0 spiro atoms. The van der Waals surface area contributed by atoms with Crippen molar-refractivity contribution >= 4 is 27.8 Å². The highest BCUT2D eigenvalue weighted by Crippen LogP contribution is 2.26. The zero-order valence-electron chi connectivity index (χ0n) is 15.8. The summed E-state index contributed by atoms with van der Waals surface area (Å²) in [5, 5.41) is 2.77.